The molecule has 3 rings (SSSR count). The van der Waals surface area contributed by atoms with Crippen LogP contribution in [0.2, 0.25) is 0 Å². The van der Waals surface area contributed by atoms with Gasteiger partial charge in [0.2, 0.25) is 0 Å². The van der Waals surface area contributed by atoms with E-state index in [0.717, 1.165) is 5.56 Å². The van der Waals surface area contributed by atoms with Crippen LogP contribution in [0.25, 0.3) is 0 Å². The van der Waals surface area contributed by atoms with Crippen LogP contribution in [-0.2, 0) is 11.3 Å². The number of ether oxygens (including phenoxy) is 1. The van der Waals surface area contributed by atoms with Crippen LogP contribution in [0.4, 0.5) is 0 Å². The molecule has 21 heavy (non-hydrogen) atoms. The van der Waals surface area contributed by atoms with Gasteiger partial charge in [0.05, 0.1) is 5.56 Å². The number of esters is 1. The molecule has 0 unspecified atom stereocenters. The Morgan fingerprint density at radius 1 is 1.05 bits per heavy atom. The van der Waals surface area contributed by atoms with Crippen molar-refractivity contribution in [3.05, 3.63) is 71.3 Å². The highest BCUT2D eigenvalue weighted by molar-refractivity contribution is 9.09. The van der Waals surface area contributed by atoms with E-state index in [-0.39, 0.29) is 5.97 Å². The lowest BCUT2D eigenvalue weighted by Crippen LogP contribution is -2.21. The summed E-state index contributed by atoms with van der Waals surface area (Å²) >= 11 is 3.62. The van der Waals surface area contributed by atoms with Gasteiger partial charge in [-0.1, -0.05) is 58.4 Å². The lowest BCUT2D eigenvalue weighted by atomic mass is 9.80. The van der Waals surface area contributed by atoms with Crippen molar-refractivity contribution < 1.29 is 9.53 Å². The lowest BCUT2D eigenvalue weighted by molar-refractivity contribution is 0.0472. The fourth-order valence-corrected chi connectivity index (χ4v) is 3.42. The molecule has 1 fully saturated rings. The Balaban J connectivity index is 1.55. The Bertz CT molecular complexity index is 601. The SMILES string of the molecule is O=C(OCc1ccc(C2CC(Br)C2)cc1)c1ccccc1. The molecule has 1 saturated carbocycles. The second-order valence-corrected chi connectivity index (χ2v) is 6.74. The summed E-state index contributed by atoms with van der Waals surface area (Å²) in [5.74, 6) is 0.399. The van der Waals surface area contributed by atoms with Crippen molar-refractivity contribution in [1.82, 2.24) is 0 Å². The van der Waals surface area contributed by atoms with Crippen LogP contribution in [0.1, 0.15) is 40.2 Å². The fourth-order valence-electron chi connectivity index (χ4n) is 2.51. The van der Waals surface area contributed by atoms with Gasteiger partial charge in [0.1, 0.15) is 6.61 Å². The molecule has 2 aromatic rings. The van der Waals surface area contributed by atoms with Crippen LogP contribution in [0.5, 0.6) is 0 Å². The highest BCUT2D eigenvalue weighted by atomic mass is 79.9. The van der Waals surface area contributed by atoms with E-state index in [0.29, 0.717) is 22.9 Å². The third kappa shape index (κ3) is 3.53. The maximum absolute atomic E-state index is 11.9. The van der Waals surface area contributed by atoms with E-state index in [9.17, 15) is 4.79 Å². The van der Waals surface area contributed by atoms with E-state index in [1.165, 1.54) is 18.4 Å². The normalized spacial score (nSPS) is 20.6. The summed E-state index contributed by atoms with van der Waals surface area (Å²) in [5.41, 5.74) is 2.99. The number of carbonyl (C=O) groups is 1. The van der Waals surface area contributed by atoms with E-state index < -0.39 is 0 Å². The lowest BCUT2D eigenvalue weighted by Gasteiger charge is -2.31. The van der Waals surface area contributed by atoms with Gasteiger partial charge in [0.25, 0.3) is 0 Å². The van der Waals surface area contributed by atoms with Gasteiger partial charge in [-0.05, 0) is 42.0 Å². The average Bonchev–Trinajstić information content (AvgIpc) is 2.51. The van der Waals surface area contributed by atoms with Gasteiger partial charge < -0.3 is 4.74 Å². The van der Waals surface area contributed by atoms with Crippen molar-refractivity contribution in [1.29, 1.82) is 0 Å². The van der Waals surface area contributed by atoms with Crippen molar-refractivity contribution in [2.24, 2.45) is 0 Å². The molecular weight excluding hydrogens is 328 g/mol. The Morgan fingerprint density at radius 3 is 2.33 bits per heavy atom. The van der Waals surface area contributed by atoms with Crippen LogP contribution in [0, 0.1) is 0 Å². The van der Waals surface area contributed by atoms with Crippen LogP contribution in [0.15, 0.2) is 54.6 Å². The Kier molecular flexibility index (Phi) is 4.39. The molecule has 2 aromatic carbocycles. The minimum atomic E-state index is -0.277. The van der Waals surface area contributed by atoms with Crippen molar-refractivity contribution in [3.8, 4) is 0 Å². The van der Waals surface area contributed by atoms with Crippen molar-refractivity contribution in [3.63, 3.8) is 0 Å². The molecule has 0 amide bonds. The molecule has 0 spiro atoms. The predicted octanol–water partition coefficient (Wildman–Crippen LogP) is 4.68. The molecule has 0 N–H and O–H groups in total. The third-order valence-electron chi connectivity index (χ3n) is 3.91. The molecule has 0 heterocycles. The first-order valence-corrected chi connectivity index (χ1v) is 8.09. The Hall–Kier alpha value is -1.61. The van der Waals surface area contributed by atoms with Crippen LogP contribution in [0.3, 0.4) is 0 Å². The van der Waals surface area contributed by atoms with Crippen LogP contribution >= 0.6 is 15.9 Å². The number of carbonyl (C=O) groups excluding carboxylic acids is 1. The number of rotatable bonds is 4. The molecule has 0 radical (unpaired) electrons. The summed E-state index contributed by atoms with van der Waals surface area (Å²) in [6, 6.07) is 17.5. The van der Waals surface area contributed by atoms with E-state index >= 15 is 0 Å². The largest absolute Gasteiger partial charge is 0.457 e. The molecular formula is C18H17BrO2. The average molecular weight is 345 g/mol. The van der Waals surface area contributed by atoms with Gasteiger partial charge >= 0.3 is 5.97 Å². The zero-order valence-electron chi connectivity index (χ0n) is 11.7. The summed E-state index contributed by atoms with van der Waals surface area (Å²) in [6.07, 6.45) is 2.42. The molecule has 0 atom stereocenters. The number of benzene rings is 2. The zero-order valence-corrected chi connectivity index (χ0v) is 13.3. The minimum absolute atomic E-state index is 0.277. The Morgan fingerprint density at radius 2 is 1.71 bits per heavy atom. The quantitative estimate of drug-likeness (QED) is 0.594. The fraction of sp³-hybridized carbons (Fsp3) is 0.278. The topological polar surface area (TPSA) is 26.3 Å². The zero-order chi connectivity index (χ0) is 14.7. The van der Waals surface area contributed by atoms with Crippen LogP contribution in [-0.4, -0.2) is 10.8 Å². The van der Waals surface area contributed by atoms with Gasteiger partial charge in [-0.25, -0.2) is 4.79 Å². The first-order chi connectivity index (χ1) is 10.2. The highest BCUT2D eigenvalue weighted by Crippen LogP contribution is 2.40. The van der Waals surface area contributed by atoms with Gasteiger partial charge in [0, 0.05) is 4.83 Å². The molecule has 1 aliphatic rings. The highest BCUT2D eigenvalue weighted by Gasteiger charge is 2.27. The molecule has 2 nitrogen and oxygen atoms in total. The van der Waals surface area contributed by atoms with Gasteiger partial charge in [-0.3, -0.25) is 0 Å². The summed E-state index contributed by atoms with van der Waals surface area (Å²) in [4.78, 5) is 12.5. The van der Waals surface area contributed by atoms with E-state index in [4.69, 9.17) is 4.74 Å². The third-order valence-corrected chi connectivity index (χ3v) is 4.66. The summed E-state index contributed by atoms with van der Waals surface area (Å²) in [7, 11) is 0. The first kappa shape index (κ1) is 14.3. The van der Waals surface area contributed by atoms with E-state index in [1.54, 1.807) is 12.1 Å². The molecule has 0 saturated heterocycles. The second-order valence-electron chi connectivity index (χ2n) is 5.45. The number of hydrogen-bond donors (Lipinski definition) is 0. The monoisotopic (exact) mass is 344 g/mol. The van der Waals surface area contributed by atoms with E-state index in [1.807, 2.05) is 18.2 Å². The number of alkyl halides is 1. The molecule has 0 aromatic heterocycles. The van der Waals surface area contributed by atoms with Crippen molar-refractivity contribution in [2.75, 3.05) is 0 Å². The molecule has 0 bridgehead atoms. The summed E-state index contributed by atoms with van der Waals surface area (Å²) in [5, 5.41) is 0. The number of hydrogen-bond acceptors (Lipinski definition) is 2. The first-order valence-electron chi connectivity index (χ1n) is 7.17. The minimum Gasteiger partial charge on any atom is -0.457 e. The van der Waals surface area contributed by atoms with Crippen molar-refractivity contribution >= 4 is 21.9 Å². The van der Waals surface area contributed by atoms with Crippen molar-refractivity contribution in [2.45, 2.75) is 30.2 Å². The smallest absolute Gasteiger partial charge is 0.338 e. The molecule has 1 aliphatic carbocycles. The Labute approximate surface area is 133 Å². The maximum atomic E-state index is 11.9. The second kappa shape index (κ2) is 6.44. The van der Waals surface area contributed by atoms with E-state index in [2.05, 4.69) is 40.2 Å². The molecule has 3 heteroatoms. The van der Waals surface area contributed by atoms with Gasteiger partial charge in [-0.15, -0.1) is 0 Å². The summed E-state index contributed by atoms with van der Waals surface area (Å²) in [6.45, 7) is 0.319. The maximum Gasteiger partial charge on any atom is 0.338 e. The number of halogens is 1. The van der Waals surface area contributed by atoms with Gasteiger partial charge in [0.15, 0.2) is 0 Å². The molecule has 0 aliphatic heterocycles. The molecule has 108 valence electrons. The standard InChI is InChI=1S/C18H17BrO2/c19-17-10-16(11-17)14-8-6-13(7-9-14)12-21-18(20)15-4-2-1-3-5-15/h1-9,16-17H,10-12H2. The predicted molar refractivity (Wildman–Crippen MR) is 86.7 cm³/mol. The van der Waals surface area contributed by atoms with Gasteiger partial charge in [-0.2, -0.15) is 0 Å². The van der Waals surface area contributed by atoms with Crippen LogP contribution < -0.4 is 0 Å². The summed E-state index contributed by atoms with van der Waals surface area (Å²) < 4.78 is 5.33.